The molecule has 1 saturated heterocycles. The van der Waals surface area contributed by atoms with Crippen molar-refractivity contribution < 1.29 is 29.5 Å². The van der Waals surface area contributed by atoms with Crippen molar-refractivity contribution in [1.29, 1.82) is 0 Å². The van der Waals surface area contributed by atoms with Gasteiger partial charge in [-0.25, -0.2) is 0 Å². The molecule has 1 fully saturated rings. The number of likely N-dealkylation sites (N-methyl/N-ethyl adjacent to an activating group) is 1. The summed E-state index contributed by atoms with van der Waals surface area (Å²) in [5.41, 5.74) is -0.534. The average Bonchev–Trinajstić information content (AvgIpc) is 2.20. The minimum absolute atomic E-state index is 0. The Morgan fingerprint density at radius 1 is 1.44 bits per heavy atom. The summed E-state index contributed by atoms with van der Waals surface area (Å²) in [6, 6.07) is 0. The second kappa shape index (κ2) is 5.73. The summed E-state index contributed by atoms with van der Waals surface area (Å²) in [7, 11) is 0. The van der Waals surface area contributed by atoms with Gasteiger partial charge in [0.25, 0.3) is 0 Å². The molecule has 1 rings (SSSR count). The van der Waals surface area contributed by atoms with E-state index in [1.54, 1.807) is 25.7 Å². The maximum atomic E-state index is 12.0. The first-order chi connectivity index (χ1) is 7.29. The Balaban J connectivity index is 0.00000256. The monoisotopic (exact) mass is 264 g/mol. The van der Waals surface area contributed by atoms with Gasteiger partial charge in [0.1, 0.15) is 0 Å². The Hall–Kier alpha value is -0.476. The standard InChI is InChI=1S/C11H20N2O2.V/c1-5-12-6-7-13(8-9(12)14)10(15)11(2,3)4;/h5-8H2,1-4H3;/i8D;. The van der Waals surface area contributed by atoms with Crippen molar-refractivity contribution in [2.75, 3.05) is 26.2 Å². The zero-order valence-electron chi connectivity index (χ0n) is 11.4. The molecule has 0 spiro atoms. The molecule has 1 unspecified atom stereocenters. The molecule has 0 aromatic heterocycles. The van der Waals surface area contributed by atoms with Crippen LogP contribution in [0.25, 0.3) is 0 Å². The Labute approximate surface area is 111 Å². The van der Waals surface area contributed by atoms with Crippen molar-refractivity contribution >= 4 is 11.8 Å². The third-order valence-electron chi connectivity index (χ3n) is 2.47. The maximum Gasteiger partial charge on any atom is 0.242 e. The summed E-state index contributed by atoms with van der Waals surface area (Å²) in [5, 5.41) is 0. The molecule has 1 aliphatic heterocycles. The van der Waals surface area contributed by atoms with Crippen LogP contribution in [0, 0.1) is 5.41 Å². The van der Waals surface area contributed by atoms with Gasteiger partial charge in [0.05, 0.1) is 7.89 Å². The van der Waals surface area contributed by atoms with E-state index in [4.69, 9.17) is 1.37 Å². The summed E-state index contributed by atoms with van der Waals surface area (Å²) in [5.74, 6) is -0.400. The van der Waals surface area contributed by atoms with Crippen LogP contribution >= 0.6 is 0 Å². The summed E-state index contributed by atoms with van der Waals surface area (Å²) in [6.45, 7) is 7.82. The molecule has 5 heteroatoms. The third-order valence-corrected chi connectivity index (χ3v) is 2.47. The molecule has 2 amide bonds. The summed E-state index contributed by atoms with van der Waals surface area (Å²) < 4.78 is 7.79. The number of rotatable bonds is 1. The first kappa shape index (κ1) is 13.6. The van der Waals surface area contributed by atoms with E-state index >= 15 is 0 Å². The van der Waals surface area contributed by atoms with Crippen LogP contribution in [0.15, 0.2) is 0 Å². The number of amides is 2. The maximum absolute atomic E-state index is 12.0. The van der Waals surface area contributed by atoms with E-state index in [-0.39, 0.29) is 30.4 Å². The molecular weight excluding hydrogens is 243 g/mol. The minimum atomic E-state index is -1.07. The van der Waals surface area contributed by atoms with Crippen LogP contribution in [0.4, 0.5) is 0 Å². The molecule has 16 heavy (non-hydrogen) atoms. The second-order valence-electron chi connectivity index (χ2n) is 4.80. The summed E-state index contributed by atoms with van der Waals surface area (Å²) in [4.78, 5) is 26.7. The number of nitrogens with zero attached hydrogens (tertiary/aromatic N) is 2. The van der Waals surface area contributed by atoms with E-state index in [1.165, 1.54) is 4.90 Å². The summed E-state index contributed by atoms with van der Waals surface area (Å²) in [6.07, 6.45) is 0. The van der Waals surface area contributed by atoms with Gasteiger partial charge in [0, 0.05) is 43.6 Å². The predicted molar refractivity (Wildman–Crippen MR) is 58.3 cm³/mol. The second-order valence-corrected chi connectivity index (χ2v) is 4.80. The van der Waals surface area contributed by atoms with Gasteiger partial charge in [-0.05, 0) is 6.92 Å². The largest absolute Gasteiger partial charge is 0.340 e. The molecule has 1 radical (unpaired) electrons. The van der Waals surface area contributed by atoms with Crippen molar-refractivity contribution in [1.82, 2.24) is 9.80 Å². The predicted octanol–water partition coefficient (Wildman–Crippen LogP) is 0.721. The Kier molecular flexibility index (Phi) is 4.87. The van der Waals surface area contributed by atoms with Crippen LogP contribution in [0.5, 0.6) is 0 Å². The van der Waals surface area contributed by atoms with Crippen molar-refractivity contribution in [2.24, 2.45) is 5.41 Å². The molecule has 0 N–H and O–H groups in total. The fraction of sp³-hybridized carbons (Fsp3) is 0.818. The quantitative estimate of drug-likeness (QED) is 0.700. The SMILES string of the molecule is [2H]C1C(=O)N(CC)CCN1C(=O)C(C)(C)C.[V]. The van der Waals surface area contributed by atoms with Crippen LogP contribution < -0.4 is 0 Å². The topological polar surface area (TPSA) is 40.6 Å². The Morgan fingerprint density at radius 2 is 2.00 bits per heavy atom. The molecule has 0 bridgehead atoms. The van der Waals surface area contributed by atoms with E-state index in [2.05, 4.69) is 0 Å². The van der Waals surface area contributed by atoms with Crippen molar-refractivity contribution in [2.45, 2.75) is 27.7 Å². The average molecular weight is 264 g/mol. The zero-order valence-corrected chi connectivity index (χ0v) is 11.8. The van der Waals surface area contributed by atoms with Crippen molar-refractivity contribution in [3.05, 3.63) is 0 Å². The van der Waals surface area contributed by atoms with Gasteiger partial charge in [0.2, 0.25) is 11.8 Å². The van der Waals surface area contributed by atoms with E-state index in [9.17, 15) is 9.59 Å². The van der Waals surface area contributed by atoms with Crippen LogP contribution in [0.1, 0.15) is 29.1 Å². The molecule has 1 atom stereocenters. The third kappa shape index (κ3) is 3.53. The van der Waals surface area contributed by atoms with Gasteiger partial charge in [-0.3, -0.25) is 9.59 Å². The molecule has 0 aliphatic carbocycles. The van der Waals surface area contributed by atoms with Crippen LogP contribution in [-0.4, -0.2) is 47.8 Å². The van der Waals surface area contributed by atoms with E-state index in [0.29, 0.717) is 19.6 Å². The van der Waals surface area contributed by atoms with Gasteiger partial charge in [-0.15, -0.1) is 0 Å². The minimum Gasteiger partial charge on any atom is -0.340 e. The van der Waals surface area contributed by atoms with Gasteiger partial charge < -0.3 is 9.80 Å². The molecule has 91 valence electrons. The summed E-state index contributed by atoms with van der Waals surface area (Å²) >= 11 is 0. The van der Waals surface area contributed by atoms with E-state index in [0.717, 1.165) is 0 Å². The van der Waals surface area contributed by atoms with Gasteiger partial charge >= 0.3 is 0 Å². The number of hydrogen-bond donors (Lipinski definition) is 0. The first-order valence-electron chi connectivity index (χ1n) is 5.89. The van der Waals surface area contributed by atoms with Crippen LogP contribution in [0.2, 0.25) is 0 Å². The van der Waals surface area contributed by atoms with Crippen molar-refractivity contribution in [3.8, 4) is 0 Å². The Morgan fingerprint density at radius 3 is 2.44 bits per heavy atom. The Bertz CT molecular complexity index is 304. The molecular formula is C11H20N2O2V. The van der Waals surface area contributed by atoms with Gasteiger partial charge in [0.15, 0.2) is 0 Å². The van der Waals surface area contributed by atoms with Crippen LogP contribution in [-0.2, 0) is 28.1 Å². The number of hydrogen-bond acceptors (Lipinski definition) is 2. The van der Waals surface area contributed by atoms with Gasteiger partial charge in [-0.2, -0.15) is 0 Å². The fourth-order valence-corrected chi connectivity index (χ4v) is 1.52. The number of carbonyl (C=O) groups is 2. The number of piperazine rings is 1. The van der Waals surface area contributed by atoms with Crippen LogP contribution in [0.3, 0.4) is 0 Å². The molecule has 0 aromatic carbocycles. The molecule has 0 aromatic rings. The van der Waals surface area contributed by atoms with Gasteiger partial charge in [-0.1, -0.05) is 20.8 Å². The molecule has 4 nitrogen and oxygen atoms in total. The first-order valence-corrected chi connectivity index (χ1v) is 5.31. The zero-order chi connectivity index (χ0) is 12.5. The van der Waals surface area contributed by atoms with E-state index < -0.39 is 11.9 Å². The molecule has 1 aliphatic rings. The fourth-order valence-electron chi connectivity index (χ4n) is 1.52. The molecule has 0 saturated carbocycles. The smallest absolute Gasteiger partial charge is 0.242 e. The number of carbonyl (C=O) groups excluding carboxylic acids is 2. The molecule has 1 heterocycles. The van der Waals surface area contributed by atoms with E-state index in [1.807, 2.05) is 6.92 Å². The van der Waals surface area contributed by atoms with Crippen molar-refractivity contribution in [3.63, 3.8) is 0 Å². The normalized spacial score (nSPS) is 22.6.